The van der Waals surface area contributed by atoms with Crippen molar-refractivity contribution in [1.29, 1.82) is 0 Å². The number of thiazole rings is 1. The average molecular weight is 262 g/mol. The molecule has 4 nitrogen and oxygen atoms in total. The van der Waals surface area contributed by atoms with Gasteiger partial charge in [0.1, 0.15) is 0 Å². The van der Waals surface area contributed by atoms with Gasteiger partial charge in [0.25, 0.3) is 0 Å². The molecule has 18 heavy (non-hydrogen) atoms. The van der Waals surface area contributed by atoms with Gasteiger partial charge < -0.3 is 0 Å². The molecule has 2 heterocycles. The fourth-order valence-electron chi connectivity index (χ4n) is 3.88. The Balaban J connectivity index is 1.50. The monoisotopic (exact) mass is 262 g/mol. The molecular weight excluding hydrogens is 244 g/mol. The Hall–Kier alpha value is -0.910. The molecule has 2 aliphatic carbocycles. The molecule has 96 valence electrons. The van der Waals surface area contributed by atoms with E-state index in [4.69, 9.17) is 5.84 Å². The fraction of sp³-hybridized carbons (Fsp3) is 0.615. The van der Waals surface area contributed by atoms with E-state index in [1.54, 1.807) is 11.3 Å². The van der Waals surface area contributed by atoms with Crippen LogP contribution >= 0.6 is 11.3 Å². The van der Waals surface area contributed by atoms with E-state index in [1.807, 2.05) is 0 Å². The number of aromatic nitrogens is 2. The molecule has 2 aliphatic rings. The lowest BCUT2D eigenvalue weighted by Crippen LogP contribution is -2.39. The van der Waals surface area contributed by atoms with Crippen molar-refractivity contribution in [2.75, 3.05) is 0 Å². The highest BCUT2D eigenvalue weighted by Crippen LogP contribution is 2.59. The van der Waals surface area contributed by atoms with Gasteiger partial charge in [0.15, 0.2) is 4.96 Å². The number of nitrogens with one attached hydrogen (secondary N) is 1. The van der Waals surface area contributed by atoms with Crippen LogP contribution in [-0.4, -0.2) is 15.4 Å². The molecule has 0 bridgehead atoms. The number of rotatable bonds is 4. The summed E-state index contributed by atoms with van der Waals surface area (Å²) >= 11 is 1.68. The second kappa shape index (κ2) is 4.05. The van der Waals surface area contributed by atoms with Crippen LogP contribution < -0.4 is 11.3 Å². The van der Waals surface area contributed by atoms with Crippen molar-refractivity contribution in [2.24, 2.45) is 23.6 Å². The van der Waals surface area contributed by atoms with Gasteiger partial charge in [-0.15, -0.1) is 11.3 Å². The Kier molecular flexibility index (Phi) is 2.46. The maximum atomic E-state index is 5.75. The van der Waals surface area contributed by atoms with Crippen LogP contribution in [0.3, 0.4) is 0 Å². The fourth-order valence-corrected chi connectivity index (χ4v) is 4.60. The van der Waals surface area contributed by atoms with E-state index in [1.165, 1.54) is 19.3 Å². The standard InChI is InChI=1S/C13H18N4S/c14-16-11(12-9-2-1-3-10(9)12)6-8-7-17-4-5-18-13(17)15-8/h4-5,7,9-12,16H,1-3,6,14H2. The van der Waals surface area contributed by atoms with E-state index >= 15 is 0 Å². The van der Waals surface area contributed by atoms with Gasteiger partial charge in [0.05, 0.1) is 5.69 Å². The first-order valence-electron chi connectivity index (χ1n) is 6.74. The molecule has 4 rings (SSSR count). The Morgan fingerprint density at radius 1 is 1.50 bits per heavy atom. The van der Waals surface area contributed by atoms with Crippen molar-refractivity contribution < 1.29 is 0 Å². The smallest absolute Gasteiger partial charge is 0.193 e. The molecule has 0 saturated heterocycles. The molecule has 3 atom stereocenters. The van der Waals surface area contributed by atoms with Crippen molar-refractivity contribution in [3.63, 3.8) is 0 Å². The zero-order valence-electron chi connectivity index (χ0n) is 10.2. The van der Waals surface area contributed by atoms with E-state index in [9.17, 15) is 0 Å². The normalized spacial score (nSPS) is 31.7. The van der Waals surface area contributed by atoms with Crippen LogP contribution in [0.15, 0.2) is 17.8 Å². The van der Waals surface area contributed by atoms with Gasteiger partial charge >= 0.3 is 0 Å². The summed E-state index contributed by atoms with van der Waals surface area (Å²) in [6, 6.07) is 0.407. The van der Waals surface area contributed by atoms with Crippen LogP contribution in [0.25, 0.3) is 4.96 Å². The highest BCUT2D eigenvalue weighted by Gasteiger charge is 2.55. The Labute approximate surface area is 110 Å². The number of fused-ring (bicyclic) bond motifs is 2. The molecule has 2 aromatic heterocycles. The zero-order chi connectivity index (χ0) is 12.1. The minimum Gasteiger partial charge on any atom is -0.297 e. The van der Waals surface area contributed by atoms with Crippen LogP contribution in [0.4, 0.5) is 0 Å². The van der Waals surface area contributed by atoms with Crippen molar-refractivity contribution >= 4 is 16.3 Å². The highest BCUT2D eigenvalue weighted by atomic mass is 32.1. The summed E-state index contributed by atoms with van der Waals surface area (Å²) in [5.74, 6) is 8.43. The SMILES string of the molecule is NNC(Cc1cn2ccsc2n1)C1C2CCCC21. The minimum absolute atomic E-state index is 0.407. The maximum Gasteiger partial charge on any atom is 0.193 e. The van der Waals surface area contributed by atoms with Gasteiger partial charge in [-0.05, 0) is 30.6 Å². The minimum atomic E-state index is 0.407. The quantitative estimate of drug-likeness (QED) is 0.653. The lowest BCUT2D eigenvalue weighted by atomic mass is 10.0. The number of hydrogen-bond donors (Lipinski definition) is 2. The summed E-state index contributed by atoms with van der Waals surface area (Å²) in [7, 11) is 0. The largest absolute Gasteiger partial charge is 0.297 e. The topological polar surface area (TPSA) is 55.3 Å². The highest BCUT2D eigenvalue weighted by molar-refractivity contribution is 7.15. The molecular formula is C13H18N4S. The Morgan fingerprint density at radius 2 is 2.33 bits per heavy atom. The molecule has 3 unspecified atom stereocenters. The molecule has 0 aromatic carbocycles. The third-order valence-corrected chi connectivity index (χ3v) is 5.49. The lowest BCUT2D eigenvalue weighted by Gasteiger charge is -2.16. The van der Waals surface area contributed by atoms with E-state index in [0.717, 1.165) is 34.8 Å². The third-order valence-electron chi connectivity index (χ3n) is 4.72. The summed E-state index contributed by atoms with van der Waals surface area (Å²) in [4.78, 5) is 5.73. The number of hydrogen-bond acceptors (Lipinski definition) is 4. The molecule has 0 spiro atoms. The molecule has 2 saturated carbocycles. The van der Waals surface area contributed by atoms with Crippen LogP contribution in [0.2, 0.25) is 0 Å². The van der Waals surface area contributed by atoms with Gasteiger partial charge in [0, 0.05) is 30.2 Å². The second-order valence-corrected chi connectivity index (χ2v) is 6.51. The van der Waals surface area contributed by atoms with Crippen LogP contribution in [0, 0.1) is 17.8 Å². The number of nitrogens with zero attached hydrogens (tertiary/aromatic N) is 2. The van der Waals surface area contributed by atoms with Gasteiger partial charge in [-0.25, -0.2) is 4.98 Å². The maximum absolute atomic E-state index is 5.75. The van der Waals surface area contributed by atoms with Crippen LogP contribution in [0.1, 0.15) is 25.0 Å². The predicted molar refractivity (Wildman–Crippen MR) is 72.2 cm³/mol. The molecule has 2 fully saturated rings. The summed E-state index contributed by atoms with van der Waals surface area (Å²) in [5, 5.41) is 2.07. The number of imidazole rings is 1. The molecule has 2 aromatic rings. The molecule has 0 radical (unpaired) electrons. The first-order valence-corrected chi connectivity index (χ1v) is 7.62. The van der Waals surface area contributed by atoms with Gasteiger partial charge in [0.2, 0.25) is 0 Å². The first kappa shape index (κ1) is 11.0. The van der Waals surface area contributed by atoms with Gasteiger partial charge in [-0.2, -0.15) is 0 Å². The summed E-state index contributed by atoms with van der Waals surface area (Å²) in [5.41, 5.74) is 4.19. The Morgan fingerprint density at radius 3 is 3.06 bits per heavy atom. The molecule has 0 aliphatic heterocycles. The van der Waals surface area contributed by atoms with E-state index in [-0.39, 0.29) is 0 Å². The van der Waals surface area contributed by atoms with E-state index < -0.39 is 0 Å². The van der Waals surface area contributed by atoms with Gasteiger partial charge in [-0.1, -0.05) is 6.42 Å². The van der Waals surface area contributed by atoms with Crippen molar-refractivity contribution in [1.82, 2.24) is 14.8 Å². The van der Waals surface area contributed by atoms with Gasteiger partial charge in [-0.3, -0.25) is 15.7 Å². The van der Waals surface area contributed by atoms with E-state index in [0.29, 0.717) is 6.04 Å². The van der Waals surface area contributed by atoms with Crippen molar-refractivity contribution in [3.05, 3.63) is 23.5 Å². The van der Waals surface area contributed by atoms with Crippen molar-refractivity contribution in [3.8, 4) is 0 Å². The third kappa shape index (κ3) is 1.61. The van der Waals surface area contributed by atoms with Crippen LogP contribution in [0.5, 0.6) is 0 Å². The molecule has 0 amide bonds. The van der Waals surface area contributed by atoms with Crippen molar-refractivity contribution in [2.45, 2.75) is 31.7 Å². The first-order chi connectivity index (χ1) is 8.86. The second-order valence-electron chi connectivity index (χ2n) is 5.64. The molecule has 3 N–H and O–H groups in total. The van der Waals surface area contributed by atoms with E-state index in [2.05, 4.69) is 32.6 Å². The zero-order valence-corrected chi connectivity index (χ0v) is 11.1. The average Bonchev–Trinajstić information content (AvgIpc) is 2.83. The lowest BCUT2D eigenvalue weighted by molar-refractivity contribution is 0.408. The summed E-state index contributed by atoms with van der Waals surface area (Å²) < 4.78 is 2.10. The Bertz CT molecular complexity index is 522. The summed E-state index contributed by atoms with van der Waals surface area (Å²) in [6.07, 6.45) is 9.39. The number of hydrazine groups is 1. The van der Waals surface area contributed by atoms with Crippen LogP contribution in [-0.2, 0) is 6.42 Å². The molecule has 5 heteroatoms. The number of nitrogens with two attached hydrogens (primary N) is 1. The summed E-state index contributed by atoms with van der Waals surface area (Å²) in [6.45, 7) is 0. The predicted octanol–water partition coefficient (Wildman–Crippen LogP) is 1.82.